The van der Waals surface area contributed by atoms with Crippen molar-refractivity contribution < 1.29 is 4.74 Å². The molecule has 2 unspecified atom stereocenters. The second-order valence-corrected chi connectivity index (χ2v) is 6.12. The van der Waals surface area contributed by atoms with Gasteiger partial charge in [0.05, 0.1) is 6.61 Å². The van der Waals surface area contributed by atoms with E-state index < -0.39 is 0 Å². The summed E-state index contributed by atoms with van der Waals surface area (Å²) in [5.41, 5.74) is 1.80. The Balaban J connectivity index is 1.99. The average Bonchev–Trinajstić information content (AvgIpc) is 2.40. The molecule has 106 valence electrons. The summed E-state index contributed by atoms with van der Waals surface area (Å²) in [6, 6.07) is 9.31. The molecule has 2 heteroatoms. The Kier molecular flexibility index (Phi) is 4.51. The Labute approximate surface area is 117 Å². The highest BCUT2D eigenvalue weighted by atomic mass is 16.5. The molecule has 0 aliphatic heterocycles. The topological polar surface area (TPSA) is 21.3 Å². The summed E-state index contributed by atoms with van der Waals surface area (Å²) in [5, 5.41) is 3.67. The van der Waals surface area contributed by atoms with Gasteiger partial charge in [0, 0.05) is 6.04 Å². The molecule has 2 atom stereocenters. The second kappa shape index (κ2) is 5.96. The molecule has 1 fully saturated rings. The maximum absolute atomic E-state index is 5.51. The van der Waals surface area contributed by atoms with Crippen molar-refractivity contribution >= 4 is 0 Å². The maximum Gasteiger partial charge on any atom is 0.119 e. The van der Waals surface area contributed by atoms with E-state index in [9.17, 15) is 0 Å². The molecular weight excluding hydrogens is 234 g/mol. The predicted molar refractivity (Wildman–Crippen MR) is 80.8 cm³/mol. The number of rotatable bonds is 6. The quantitative estimate of drug-likeness (QED) is 0.836. The SMILES string of the molecule is CCCNC1CC(c2ccc(OCC)cc2)C1(C)C. The van der Waals surface area contributed by atoms with Gasteiger partial charge in [0.15, 0.2) is 0 Å². The third kappa shape index (κ3) is 2.94. The van der Waals surface area contributed by atoms with Crippen LogP contribution in [0.4, 0.5) is 0 Å². The van der Waals surface area contributed by atoms with Crippen molar-refractivity contribution in [1.29, 1.82) is 0 Å². The normalized spacial score (nSPS) is 24.8. The van der Waals surface area contributed by atoms with E-state index in [-0.39, 0.29) is 0 Å². The van der Waals surface area contributed by atoms with Gasteiger partial charge in [-0.2, -0.15) is 0 Å². The first kappa shape index (κ1) is 14.4. The van der Waals surface area contributed by atoms with Gasteiger partial charge in [-0.05, 0) is 55.3 Å². The maximum atomic E-state index is 5.51. The molecular formula is C17H27NO. The van der Waals surface area contributed by atoms with Gasteiger partial charge in [-0.3, -0.25) is 0 Å². The smallest absolute Gasteiger partial charge is 0.119 e. The first-order valence-electron chi connectivity index (χ1n) is 7.55. The summed E-state index contributed by atoms with van der Waals surface area (Å²) in [7, 11) is 0. The fraction of sp³-hybridized carbons (Fsp3) is 0.647. The van der Waals surface area contributed by atoms with Crippen LogP contribution in [0.3, 0.4) is 0 Å². The molecule has 2 nitrogen and oxygen atoms in total. The van der Waals surface area contributed by atoms with Crippen LogP contribution in [0.1, 0.15) is 52.0 Å². The number of ether oxygens (including phenoxy) is 1. The van der Waals surface area contributed by atoms with Crippen LogP contribution in [0.2, 0.25) is 0 Å². The molecule has 1 N–H and O–H groups in total. The highest BCUT2D eigenvalue weighted by molar-refractivity contribution is 5.33. The summed E-state index contributed by atoms with van der Waals surface area (Å²) in [6.07, 6.45) is 2.46. The van der Waals surface area contributed by atoms with E-state index in [1.165, 1.54) is 18.4 Å². The summed E-state index contributed by atoms with van der Waals surface area (Å²) in [4.78, 5) is 0. The van der Waals surface area contributed by atoms with Gasteiger partial charge in [-0.1, -0.05) is 32.9 Å². The number of hydrogen-bond donors (Lipinski definition) is 1. The fourth-order valence-corrected chi connectivity index (χ4v) is 3.12. The molecule has 2 rings (SSSR count). The highest BCUT2D eigenvalue weighted by Gasteiger charge is 2.48. The summed E-state index contributed by atoms with van der Waals surface area (Å²) < 4.78 is 5.51. The molecule has 19 heavy (non-hydrogen) atoms. The Morgan fingerprint density at radius 1 is 1.21 bits per heavy atom. The first-order chi connectivity index (χ1) is 9.09. The molecule has 1 aliphatic rings. The summed E-state index contributed by atoms with van der Waals surface area (Å²) >= 11 is 0. The van der Waals surface area contributed by atoms with Gasteiger partial charge < -0.3 is 10.1 Å². The zero-order chi connectivity index (χ0) is 13.9. The van der Waals surface area contributed by atoms with Crippen LogP contribution in [-0.2, 0) is 0 Å². The molecule has 0 aromatic heterocycles. The van der Waals surface area contributed by atoms with Crippen molar-refractivity contribution in [1.82, 2.24) is 5.32 Å². The Bertz CT molecular complexity index is 396. The second-order valence-electron chi connectivity index (χ2n) is 6.12. The Hall–Kier alpha value is -1.02. The lowest BCUT2D eigenvalue weighted by Gasteiger charge is -2.53. The lowest BCUT2D eigenvalue weighted by molar-refractivity contribution is 0.0694. The number of nitrogens with one attached hydrogen (secondary N) is 1. The van der Waals surface area contributed by atoms with Crippen LogP contribution >= 0.6 is 0 Å². The number of benzene rings is 1. The lowest BCUT2D eigenvalue weighted by atomic mass is 9.56. The van der Waals surface area contributed by atoms with E-state index in [0.717, 1.165) is 18.9 Å². The van der Waals surface area contributed by atoms with Crippen LogP contribution in [0.15, 0.2) is 24.3 Å². The lowest BCUT2D eigenvalue weighted by Crippen LogP contribution is -2.55. The average molecular weight is 261 g/mol. The summed E-state index contributed by atoms with van der Waals surface area (Å²) in [5.74, 6) is 1.64. The van der Waals surface area contributed by atoms with Crippen LogP contribution in [0.25, 0.3) is 0 Å². The van der Waals surface area contributed by atoms with Gasteiger partial charge in [0.25, 0.3) is 0 Å². The summed E-state index contributed by atoms with van der Waals surface area (Å²) in [6.45, 7) is 10.9. The first-order valence-corrected chi connectivity index (χ1v) is 7.55. The van der Waals surface area contributed by atoms with E-state index in [1.807, 2.05) is 6.92 Å². The zero-order valence-electron chi connectivity index (χ0n) is 12.7. The van der Waals surface area contributed by atoms with Crippen molar-refractivity contribution in [2.45, 2.75) is 52.5 Å². The number of hydrogen-bond acceptors (Lipinski definition) is 2. The standard InChI is InChI=1S/C17H27NO/c1-5-11-18-16-12-15(17(16,3)4)13-7-9-14(10-8-13)19-6-2/h7-10,15-16,18H,5-6,11-12H2,1-4H3. The third-order valence-electron chi connectivity index (χ3n) is 4.50. The van der Waals surface area contributed by atoms with Crippen LogP contribution in [0.5, 0.6) is 5.75 Å². The molecule has 0 amide bonds. The monoisotopic (exact) mass is 261 g/mol. The molecule has 0 bridgehead atoms. The van der Waals surface area contributed by atoms with Crippen LogP contribution in [0, 0.1) is 5.41 Å². The molecule has 1 saturated carbocycles. The van der Waals surface area contributed by atoms with Gasteiger partial charge in [0.1, 0.15) is 5.75 Å². The fourth-order valence-electron chi connectivity index (χ4n) is 3.12. The van der Waals surface area contributed by atoms with E-state index in [2.05, 4.69) is 50.4 Å². The van der Waals surface area contributed by atoms with Crippen molar-refractivity contribution in [2.75, 3.05) is 13.2 Å². The highest BCUT2D eigenvalue weighted by Crippen LogP contribution is 2.52. The van der Waals surface area contributed by atoms with Gasteiger partial charge in [0.2, 0.25) is 0 Å². The molecule has 1 aliphatic carbocycles. The molecule has 0 heterocycles. The van der Waals surface area contributed by atoms with Crippen molar-refractivity contribution in [2.24, 2.45) is 5.41 Å². The molecule has 1 aromatic rings. The zero-order valence-corrected chi connectivity index (χ0v) is 12.7. The van der Waals surface area contributed by atoms with Crippen LogP contribution in [-0.4, -0.2) is 19.2 Å². The minimum absolute atomic E-state index is 0.350. The van der Waals surface area contributed by atoms with E-state index >= 15 is 0 Å². The van der Waals surface area contributed by atoms with E-state index in [0.29, 0.717) is 17.4 Å². The van der Waals surface area contributed by atoms with Gasteiger partial charge in [-0.25, -0.2) is 0 Å². The van der Waals surface area contributed by atoms with Gasteiger partial charge in [-0.15, -0.1) is 0 Å². The molecule has 0 spiro atoms. The largest absolute Gasteiger partial charge is 0.494 e. The van der Waals surface area contributed by atoms with Crippen molar-refractivity contribution in [3.05, 3.63) is 29.8 Å². The van der Waals surface area contributed by atoms with E-state index in [1.54, 1.807) is 0 Å². The molecule has 1 aromatic carbocycles. The minimum Gasteiger partial charge on any atom is -0.494 e. The third-order valence-corrected chi connectivity index (χ3v) is 4.50. The van der Waals surface area contributed by atoms with Crippen LogP contribution < -0.4 is 10.1 Å². The van der Waals surface area contributed by atoms with Crippen molar-refractivity contribution in [3.8, 4) is 5.75 Å². The molecule has 0 radical (unpaired) electrons. The van der Waals surface area contributed by atoms with Gasteiger partial charge >= 0.3 is 0 Å². The van der Waals surface area contributed by atoms with E-state index in [4.69, 9.17) is 4.74 Å². The predicted octanol–water partition coefficient (Wildman–Crippen LogP) is 3.97. The Morgan fingerprint density at radius 3 is 2.42 bits per heavy atom. The Morgan fingerprint density at radius 2 is 1.89 bits per heavy atom. The molecule has 0 saturated heterocycles. The minimum atomic E-state index is 0.350. The van der Waals surface area contributed by atoms with Crippen molar-refractivity contribution in [3.63, 3.8) is 0 Å².